The second-order valence-electron chi connectivity index (χ2n) is 21.5. The summed E-state index contributed by atoms with van der Waals surface area (Å²) in [5, 5.41) is 37.2. The molecule has 6 aromatic rings. The van der Waals surface area contributed by atoms with Crippen molar-refractivity contribution in [1.29, 1.82) is 0 Å². The van der Waals surface area contributed by atoms with E-state index in [-0.39, 0.29) is 90.1 Å². The van der Waals surface area contributed by atoms with Crippen LogP contribution in [0.15, 0.2) is 100 Å². The number of rotatable bonds is 9. The van der Waals surface area contributed by atoms with Crippen LogP contribution in [0, 0.1) is 0 Å². The fraction of sp³-hybridized carbons (Fsp3) is 0.238. The number of hydrogen-bond donors (Lipinski definition) is 5. The quantitative estimate of drug-likeness (QED) is 0.0670. The zero-order chi connectivity index (χ0) is 55.7. The number of phenols is 1. The molecule has 0 saturated heterocycles. The molecule has 14 rings (SSSR count). The van der Waals surface area contributed by atoms with E-state index in [2.05, 4.69) is 32.6 Å². The highest BCUT2D eigenvalue weighted by atomic mass is 35.5. The first-order chi connectivity index (χ1) is 39.2. The van der Waals surface area contributed by atoms with Crippen LogP contribution in [-0.4, -0.2) is 71.2 Å². The predicted octanol–water partition coefficient (Wildman–Crippen LogP) is 10.8. The Kier molecular flexibility index (Phi) is 11.7. The molecule has 0 radical (unpaired) electrons. The smallest absolute Gasteiger partial charge is 0.341 e. The fourth-order valence-corrected chi connectivity index (χ4v) is 14.1. The molecular weight excluding hydrogens is 1080 g/mol. The number of nitrogens with one attached hydrogen (secondary N) is 2. The van der Waals surface area contributed by atoms with Gasteiger partial charge in [0.2, 0.25) is 0 Å². The van der Waals surface area contributed by atoms with Crippen LogP contribution in [0.4, 0.5) is 11.4 Å². The van der Waals surface area contributed by atoms with Crippen molar-refractivity contribution in [3.05, 3.63) is 189 Å². The molecule has 2 amide bonds. The van der Waals surface area contributed by atoms with Crippen LogP contribution in [0.3, 0.4) is 0 Å². The number of nitrogens with zero attached hydrogens (tertiary/aromatic N) is 2. The molecule has 0 unspecified atom stereocenters. The fourth-order valence-electron chi connectivity index (χ4n) is 13.4. The van der Waals surface area contributed by atoms with Gasteiger partial charge in [-0.1, -0.05) is 35.3 Å². The monoisotopic (exact) mass is 1120 g/mol. The number of aromatic carboxylic acids is 2. The Morgan fingerprint density at radius 2 is 1.26 bits per heavy atom. The summed E-state index contributed by atoms with van der Waals surface area (Å²) in [4.78, 5) is 84.7. The van der Waals surface area contributed by atoms with Gasteiger partial charge in [0.1, 0.15) is 28.6 Å². The molecule has 18 heteroatoms. The third-order valence-electron chi connectivity index (χ3n) is 17.0. The van der Waals surface area contributed by atoms with Gasteiger partial charge in [-0.25, -0.2) is 14.4 Å². The number of anilines is 2. The number of esters is 1. The maximum Gasteiger partial charge on any atom is 0.341 e. The topological polar surface area (TPSA) is 225 Å². The summed E-state index contributed by atoms with van der Waals surface area (Å²) < 4.78 is 20.3. The van der Waals surface area contributed by atoms with Gasteiger partial charge < -0.3 is 49.6 Å². The number of phenolic OH excluding ortho intramolecular Hbond substituents is 1. The van der Waals surface area contributed by atoms with Crippen molar-refractivity contribution < 1.29 is 53.2 Å². The summed E-state index contributed by atoms with van der Waals surface area (Å²) in [7, 11) is 0. The van der Waals surface area contributed by atoms with Gasteiger partial charge in [-0.2, -0.15) is 0 Å². The van der Waals surface area contributed by atoms with Crippen LogP contribution < -0.4 is 30.6 Å². The number of ether oxygens (including phenoxy) is 2. The van der Waals surface area contributed by atoms with Crippen molar-refractivity contribution in [1.82, 2.24) is 10.6 Å². The van der Waals surface area contributed by atoms with Crippen LogP contribution in [0.5, 0.6) is 17.2 Å². The van der Waals surface area contributed by atoms with E-state index >= 15 is 0 Å². The Labute approximate surface area is 471 Å². The van der Waals surface area contributed by atoms with Crippen molar-refractivity contribution in [3.63, 3.8) is 0 Å². The number of carboxylic acid groups (broad SMARTS) is 2. The third kappa shape index (κ3) is 7.77. The Balaban J connectivity index is 0.748. The minimum Gasteiger partial charge on any atom is -0.507 e. The van der Waals surface area contributed by atoms with E-state index in [0.717, 1.165) is 88.7 Å². The minimum absolute atomic E-state index is 0.000240. The van der Waals surface area contributed by atoms with Crippen molar-refractivity contribution in [3.8, 4) is 39.7 Å². The molecule has 7 aliphatic heterocycles. The van der Waals surface area contributed by atoms with Crippen LogP contribution in [0.1, 0.15) is 128 Å². The lowest BCUT2D eigenvalue weighted by Crippen LogP contribution is -2.40. The number of carbonyl (C=O) groups excluding carboxylic acids is 3. The number of halogens is 2. The van der Waals surface area contributed by atoms with Crippen molar-refractivity contribution in [2.24, 2.45) is 0 Å². The van der Waals surface area contributed by atoms with E-state index < -0.39 is 40.8 Å². The Bertz CT molecular complexity index is 4110. The summed E-state index contributed by atoms with van der Waals surface area (Å²) in [6.45, 7) is 3.57. The molecule has 81 heavy (non-hydrogen) atoms. The molecule has 1 aliphatic carbocycles. The first-order valence-electron chi connectivity index (χ1n) is 27.0. The number of hydrogen-bond acceptors (Lipinski definition) is 12. The van der Waals surface area contributed by atoms with Crippen LogP contribution in [0.25, 0.3) is 33.4 Å². The lowest BCUT2D eigenvalue weighted by molar-refractivity contribution is 0.0222. The Hall–Kier alpha value is -8.86. The van der Waals surface area contributed by atoms with E-state index in [9.17, 15) is 44.1 Å². The zero-order valence-electron chi connectivity index (χ0n) is 43.2. The van der Waals surface area contributed by atoms with Crippen LogP contribution in [0.2, 0.25) is 10.0 Å². The predicted molar refractivity (Wildman–Crippen MR) is 301 cm³/mol. The highest BCUT2D eigenvalue weighted by Gasteiger charge is 2.58. The largest absolute Gasteiger partial charge is 0.507 e. The summed E-state index contributed by atoms with van der Waals surface area (Å²) in [5.41, 5.74) is 8.04. The van der Waals surface area contributed by atoms with Crippen molar-refractivity contribution in [2.45, 2.75) is 70.1 Å². The van der Waals surface area contributed by atoms with Crippen molar-refractivity contribution in [2.75, 3.05) is 36.0 Å². The molecule has 6 aromatic carbocycles. The summed E-state index contributed by atoms with van der Waals surface area (Å²) in [5.74, 6) is -3.32. The second kappa shape index (κ2) is 18.9. The standard InChI is InChI=1S/C63H48Cl2N4O12/c64-46-27-42(52(65)50-51(46)63(81-62(50)78)44-24-32-5-1-19-68-21-3-7-39(53(32)68)56(44)80-57-40-8-4-22-69-20-2-6-33(54(40)69)25-45(57)63)59(73)66-28-30-9-11-31(12-10-30)58(72)67-29-43-47(71)18-17-38-49(37-16-14-35(70)26-48(37)79-55(38)43)41-23-34(60(74)75)13-15-36(41)61(76)77/h9-18,23-27,71H,1-8,19-22,28-29H2,(H,66,73)(H,67,72)(H,74,75)(H,76,77). The van der Waals surface area contributed by atoms with Gasteiger partial charge in [-0.05, 0) is 146 Å². The van der Waals surface area contributed by atoms with Gasteiger partial charge in [0, 0.05) is 100 Å². The van der Waals surface area contributed by atoms with Crippen LogP contribution >= 0.6 is 23.2 Å². The molecule has 0 aromatic heterocycles. The lowest BCUT2D eigenvalue weighted by Gasteiger charge is -2.45. The number of aryl methyl sites for hydroxylation is 2. The minimum atomic E-state index is -1.51. The molecule has 5 N–H and O–H groups in total. The maximum atomic E-state index is 14.7. The van der Waals surface area contributed by atoms with Gasteiger partial charge >= 0.3 is 17.9 Å². The zero-order valence-corrected chi connectivity index (χ0v) is 44.7. The number of carbonyl (C=O) groups is 5. The summed E-state index contributed by atoms with van der Waals surface area (Å²) in [6.07, 6.45) is 7.23. The van der Waals surface area contributed by atoms with E-state index in [1.54, 1.807) is 24.3 Å². The van der Waals surface area contributed by atoms with E-state index in [4.69, 9.17) is 37.1 Å². The molecule has 0 bridgehead atoms. The van der Waals surface area contributed by atoms with Gasteiger partial charge in [-0.15, -0.1) is 0 Å². The number of fused-ring (bicyclic) bond motifs is 10. The molecule has 406 valence electrons. The van der Waals surface area contributed by atoms with E-state index in [1.807, 2.05) is 0 Å². The molecule has 1 spiro atoms. The molecule has 0 saturated carbocycles. The highest BCUT2D eigenvalue weighted by Crippen LogP contribution is 2.64. The number of benzene rings is 7. The van der Waals surface area contributed by atoms with Gasteiger partial charge in [0.15, 0.2) is 11.0 Å². The molecule has 0 fully saturated rings. The molecule has 7 heterocycles. The number of carboxylic acids is 2. The molecule has 0 atom stereocenters. The van der Waals surface area contributed by atoms with Gasteiger partial charge in [0.05, 0.1) is 44.4 Å². The average Bonchev–Trinajstić information content (AvgIpc) is 3.43. The van der Waals surface area contributed by atoms with Gasteiger partial charge in [0.25, 0.3) is 11.8 Å². The lowest BCUT2D eigenvalue weighted by atomic mass is 9.72. The van der Waals surface area contributed by atoms with E-state index in [0.29, 0.717) is 39.3 Å². The number of aromatic hydroxyl groups is 1. The molecule has 16 nitrogen and oxygen atoms in total. The summed E-state index contributed by atoms with van der Waals surface area (Å²) >= 11 is 14.7. The van der Waals surface area contributed by atoms with Crippen molar-refractivity contribution >= 4 is 75.3 Å². The van der Waals surface area contributed by atoms with Gasteiger partial charge in [-0.3, -0.25) is 14.4 Å². The molecular formula is C63H48Cl2N4O12. The first kappa shape index (κ1) is 50.4. The number of amides is 2. The maximum absolute atomic E-state index is 14.7. The van der Waals surface area contributed by atoms with Crippen LogP contribution in [-0.2, 0) is 49.1 Å². The summed E-state index contributed by atoms with van der Waals surface area (Å²) in [6, 6.07) is 22.6. The van der Waals surface area contributed by atoms with E-state index in [1.165, 1.54) is 77.1 Å². The Morgan fingerprint density at radius 1 is 0.630 bits per heavy atom. The average molecular weight is 1120 g/mol. The Morgan fingerprint density at radius 3 is 1.90 bits per heavy atom. The molecule has 8 aliphatic rings. The highest BCUT2D eigenvalue weighted by molar-refractivity contribution is 6.40. The normalized spacial score (nSPS) is 16.0. The first-order valence-corrected chi connectivity index (χ1v) is 27.7. The SMILES string of the molecule is O=C(O)c1ccc(C(=O)O)c(-c2c3ccc(=O)cc-3oc3c(CNC(=O)c4ccc(CNC(=O)c5cc(Cl)c6c(c5Cl)C(=O)OC65c6cc7c8c(c6Oc6c5cc5c9c6CCCN9CCC5)CCCN8CCC7)cc4)c(O)ccc23)c1. The third-order valence-corrected chi connectivity index (χ3v) is 17.7. The second-order valence-corrected chi connectivity index (χ2v) is 22.3.